The van der Waals surface area contributed by atoms with E-state index in [2.05, 4.69) is 31.3 Å². The number of ether oxygens (including phenoxy) is 1. The molecule has 0 heterocycles. The summed E-state index contributed by atoms with van der Waals surface area (Å²) in [5.74, 6) is 2.61. The highest BCUT2D eigenvalue weighted by Crippen LogP contribution is 2.28. The summed E-state index contributed by atoms with van der Waals surface area (Å²) >= 11 is 1.70. The molecule has 0 aromatic heterocycles. The third-order valence-electron chi connectivity index (χ3n) is 4.39. The quantitative estimate of drug-likeness (QED) is 0.615. The third kappa shape index (κ3) is 6.65. The molecule has 5 heteroatoms. The molecule has 2 aromatic rings. The van der Waals surface area contributed by atoms with Crippen LogP contribution in [0.2, 0.25) is 0 Å². The molecule has 1 atom stereocenters. The maximum atomic E-state index is 12.0. The second-order valence-electron chi connectivity index (χ2n) is 6.31. The maximum Gasteiger partial charge on any atom is 0.257 e. The molecule has 0 aliphatic carbocycles. The van der Waals surface area contributed by atoms with E-state index in [9.17, 15) is 4.79 Å². The summed E-state index contributed by atoms with van der Waals surface area (Å²) in [6, 6.07) is 17.7. The van der Waals surface area contributed by atoms with E-state index < -0.39 is 0 Å². The van der Waals surface area contributed by atoms with E-state index in [1.165, 1.54) is 0 Å². The van der Waals surface area contributed by atoms with Crippen molar-refractivity contribution in [1.82, 2.24) is 5.32 Å². The van der Waals surface area contributed by atoms with Crippen LogP contribution in [0, 0.1) is 11.3 Å². The van der Waals surface area contributed by atoms with Crippen LogP contribution in [0.5, 0.6) is 5.75 Å². The highest BCUT2D eigenvalue weighted by molar-refractivity contribution is 7.98. The first kappa shape index (κ1) is 20.9. The Hall–Kier alpha value is -2.45. The van der Waals surface area contributed by atoms with Gasteiger partial charge >= 0.3 is 0 Å². The van der Waals surface area contributed by atoms with Crippen LogP contribution in [0.3, 0.4) is 0 Å². The van der Waals surface area contributed by atoms with Gasteiger partial charge in [0.2, 0.25) is 0 Å². The highest BCUT2D eigenvalue weighted by Gasteiger charge is 2.11. The second kappa shape index (κ2) is 11.3. The standard InChI is InChI=1S/C22H26N2O2S/c1-3-17(2)20-10-6-7-11-21(20)26-15-22(25)24-12-13-27-16-19-9-5-4-8-18(19)14-23/h4-11,17H,3,12-13,15-16H2,1-2H3,(H,24,25). The average molecular weight is 383 g/mol. The second-order valence-corrected chi connectivity index (χ2v) is 7.41. The van der Waals surface area contributed by atoms with Crippen molar-refractivity contribution in [3.8, 4) is 11.8 Å². The molecule has 2 aromatic carbocycles. The number of nitriles is 1. The number of benzene rings is 2. The molecule has 1 unspecified atom stereocenters. The first-order valence-electron chi connectivity index (χ1n) is 9.19. The van der Waals surface area contributed by atoms with Crippen LogP contribution >= 0.6 is 11.8 Å². The lowest BCUT2D eigenvalue weighted by Gasteiger charge is -2.15. The van der Waals surface area contributed by atoms with Gasteiger partial charge in [0.1, 0.15) is 5.75 Å². The Kier molecular flexibility index (Phi) is 8.73. The number of nitrogens with one attached hydrogen (secondary N) is 1. The summed E-state index contributed by atoms with van der Waals surface area (Å²) < 4.78 is 5.72. The van der Waals surface area contributed by atoms with Gasteiger partial charge in [-0.1, -0.05) is 50.2 Å². The minimum Gasteiger partial charge on any atom is -0.483 e. The van der Waals surface area contributed by atoms with E-state index in [-0.39, 0.29) is 12.5 Å². The molecule has 2 rings (SSSR count). The fraction of sp³-hybridized carbons (Fsp3) is 0.364. The molecule has 0 fully saturated rings. The van der Waals surface area contributed by atoms with Crippen LogP contribution in [0.25, 0.3) is 0 Å². The van der Waals surface area contributed by atoms with E-state index in [1.807, 2.05) is 42.5 Å². The molecule has 0 radical (unpaired) electrons. The Morgan fingerprint density at radius 2 is 1.96 bits per heavy atom. The molecule has 4 nitrogen and oxygen atoms in total. The van der Waals surface area contributed by atoms with E-state index in [0.717, 1.165) is 34.8 Å². The summed E-state index contributed by atoms with van der Waals surface area (Å²) in [5.41, 5.74) is 2.88. The van der Waals surface area contributed by atoms with Crippen molar-refractivity contribution < 1.29 is 9.53 Å². The summed E-state index contributed by atoms with van der Waals surface area (Å²) in [6.07, 6.45) is 1.03. The number of hydrogen-bond donors (Lipinski definition) is 1. The van der Waals surface area contributed by atoms with Gasteiger partial charge in [-0.05, 0) is 35.6 Å². The topological polar surface area (TPSA) is 62.1 Å². The van der Waals surface area contributed by atoms with E-state index in [0.29, 0.717) is 18.0 Å². The SMILES string of the molecule is CCC(C)c1ccccc1OCC(=O)NCCSCc1ccccc1C#N. The van der Waals surface area contributed by atoms with Crippen LogP contribution in [0.1, 0.15) is 42.9 Å². The van der Waals surface area contributed by atoms with Gasteiger partial charge in [-0.15, -0.1) is 0 Å². The Bertz CT molecular complexity index is 786. The zero-order valence-corrected chi connectivity index (χ0v) is 16.7. The van der Waals surface area contributed by atoms with E-state index in [4.69, 9.17) is 10.00 Å². The summed E-state index contributed by atoms with van der Waals surface area (Å²) in [6.45, 7) is 4.90. The lowest BCUT2D eigenvalue weighted by Crippen LogP contribution is -2.30. The number of carbonyl (C=O) groups excluding carboxylic acids is 1. The lowest BCUT2D eigenvalue weighted by molar-refractivity contribution is -0.122. The molecular weight excluding hydrogens is 356 g/mol. The Balaban J connectivity index is 1.69. The summed E-state index contributed by atoms with van der Waals surface area (Å²) in [7, 11) is 0. The van der Waals surface area contributed by atoms with Crippen molar-refractivity contribution in [2.75, 3.05) is 18.9 Å². The molecule has 0 saturated heterocycles. The Morgan fingerprint density at radius 3 is 2.74 bits per heavy atom. The van der Waals surface area contributed by atoms with Crippen molar-refractivity contribution in [2.45, 2.75) is 31.9 Å². The van der Waals surface area contributed by atoms with Crippen LogP contribution in [0.15, 0.2) is 48.5 Å². The number of rotatable bonds is 10. The maximum absolute atomic E-state index is 12.0. The zero-order valence-electron chi connectivity index (χ0n) is 15.9. The van der Waals surface area contributed by atoms with Crippen molar-refractivity contribution in [1.29, 1.82) is 5.26 Å². The predicted molar refractivity (Wildman–Crippen MR) is 111 cm³/mol. The normalized spacial score (nSPS) is 11.4. The van der Waals surface area contributed by atoms with Gasteiger partial charge in [-0.2, -0.15) is 17.0 Å². The molecule has 142 valence electrons. The fourth-order valence-electron chi connectivity index (χ4n) is 2.63. The van der Waals surface area contributed by atoms with Crippen LogP contribution in [0.4, 0.5) is 0 Å². The van der Waals surface area contributed by atoms with Crippen LogP contribution < -0.4 is 10.1 Å². The van der Waals surface area contributed by atoms with Gasteiger partial charge in [-0.3, -0.25) is 4.79 Å². The smallest absolute Gasteiger partial charge is 0.257 e. The van der Waals surface area contributed by atoms with Crippen molar-refractivity contribution >= 4 is 17.7 Å². The number of hydrogen-bond acceptors (Lipinski definition) is 4. The Morgan fingerprint density at radius 1 is 1.22 bits per heavy atom. The summed E-state index contributed by atoms with van der Waals surface area (Å²) in [4.78, 5) is 12.0. The number of thioether (sulfide) groups is 1. The van der Waals surface area contributed by atoms with Crippen molar-refractivity contribution in [3.05, 3.63) is 65.2 Å². The summed E-state index contributed by atoms with van der Waals surface area (Å²) in [5, 5.41) is 12.0. The van der Waals surface area contributed by atoms with Gasteiger partial charge in [0, 0.05) is 18.1 Å². The minimum absolute atomic E-state index is 0.0232. The number of nitrogens with zero attached hydrogens (tertiary/aromatic N) is 1. The van der Waals surface area contributed by atoms with Crippen LogP contribution in [-0.2, 0) is 10.5 Å². The Labute approximate surface area is 165 Å². The average Bonchev–Trinajstić information content (AvgIpc) is 2.71. The molecule has 1 N–H and O–H groups in total. The molecule has 0 saturated carbocycles. The zero-order chi connectivity index (χ0) is 19.5. The van der Waals surface area contributed by atoms with E-state index in [1.54, 1.807) is 11.8 Å². The number of amides is 1. The lowest BCUT2D eigenvalue weighted by atomic mass is 9.98. The van der Waals surface area contributed by atoms with E-state index >= 15 is 0 Å². The first-order chi connectivity index (χ1) is 13.2. The molecule has 0 bridgehead atoms. The molecular formula is C22H26N2O2S. The number of carbonyl (C=O) groups is 1. The van der Waals surface area contributed by atoms with Gasteiger partial charge in [-0.25, -0.2) is 0 Å². The van der Waals surface area contributed by atoms with Gasteiger partial charge in [0.15, 0.2) is 6.61 Å². The van der Waals surface area contributed by atoms with Crippen molar-refractivity contribution in [3.63, 3.8) is 0 Å². The number of para-hydroxylation sites is 1. The van der Waals surface area contributed by atoms with Gasteiger partial charge in [0.05, 0.1) is 11.6 Å². The van der Waals surface area contributed by atoms with Crippen molar-refractivity contribution in [2.24, 2.45) is 0 Å². The molecule has 27 heavy (non-hydrogen) atoms. The highest BCUT2D eigenvalue weighted by atomic mass is 32.2. The largest absolute Gasteiger partial charge is 0.483 e. The van der Waals surface area contributed by atoms with Gasteiger partial charge < -0.3 is 10.1 Å². The monoisotopic (exact) mass is 382 g/mol. The fourth-order valence-corrected chi connectivity index (χ4v) is 3.50. The van der Waals surface area contributed by atoms with Crippen LogP contribution in [-0.4, -0.2) is 24.8 Å². The minimum atomic E-state index is -0.119. The van der Waals surface area contributed by atoms with Gasteiger partial charge in [0.25, 0.3) is 5.91 Å². The third-order valence-corrected chi connectivity index (χ3v) is 5.39. The molecule has 1 amide bonds. The first-order valence-corrected chi connectivity index (χ1v) is 10.3. The molecule has 0 spiro atoms. The predicted octanol–water partition coefficient (Wildman–Crippen LogP) is 4.50. The molecule has 0 aliphatic heterocycles. The molecule has 0 aliphatic rings.